The van der Waals surface area contributed by atoms with Gasteiger partial charge in [0.05, 0.1) is 22.2 Å². The number of benzene rings is 2. The van der Waals surface area contributed by atoms with Crippen LogP contribution in [0.15, 0.2) is 36.4 Å². The van der Waals surface area contributed by atoms with Gasteiger partial charge in [-0.15, -0.1) is 0 Å². The number of hydrogen-bond donors (Lipinski definition) is 1. The molecule has 5 heteroatoms. The zero-order valence-electron chi connectivity index (χ0n) is 10.6. The minimum absolute atomic E-state index is 0.225. The Labute approximate surface area is 120 Å². The van der Waals surface area contributed by atoms with Crippen molar-refractivity contribution in [2.24, 2.45) is 0 Å². The van der Waals surface area contributed by atoms with Crippen molar-refractivity contribution in [3.63, 3.8) is 0 Å². The van der Waals surface area contributed by atoms with Crippen LogP contribution in [0.1, 0.15) is 21.5 Å². The van der Waals surface area contributed by atoms with Gasteiger partial charge in [-0.1, -0.05) is 11.6 Å². The van der Waals surface area contributed by atoms with E-state index >= 15 is 0 Å². The highest BCUT2D eigenvalue weighted by molar-refractivity contribution is 6.32. The third-order valence-electron chi connectivity index (χ3n) is 2.72. The summed E-state index contributed by atoms with van der Waals surface area (Å²) in [6.07, 6.45) is 0. The van der Waals surface area contributed by atoms with Crippen LogP contribution in [0, 0.1) is 18.3 Å². The van der Waals surface area contributed by atoms with Gasteiger partial charge in [-0.2, -0.15) is 5.26 Å². The van der Waals surface area contributed by atoms with Crippen molar-refractivity contribution >= 4 is 17.6 Å². The first-order chi connectivity index (χ1) is 9.51. The number of aromatic carboxylic acids is 1. The van der Waals surface area contributed by atoms with Gasteiger partial charge in [0.25, 0.3) is 0 Å². The number of ether oxygens (including phenoxy) is 1. The zero-order chi connectivity index (χ0) is 14.7. The van der Waals surface area contributed by atoms with Crippen molar-refractivity contribution < 1.29 is 14.6 Å². The molecule has 20 heavy (non-hydrogen) atoms. The van der Waals surface area contributed by atoms with E-state index in [1.165, 1.54) is 12.1 Å². The molecule has 100 valence electrons. The number of carboxylic acids is 1. The van der Waals surface area contributed by atoms with Gasteiger partial charge in [-0.25, -0.2) is 4.79 Å². The molecule has 0 amide bonds. The summed E-state index contributed by atoms with van der Waals surface area (Å²) in [5, 5.41) is 18.0. The van der Waals surface area contributed by atoms with Crippen LogP contribution in [0.3, 0.4) is 0 Å². The minimum atomic E-state index is -0.981. The largest absolute Gasteiger partial charge is 0.478 e. The third-order valence-corrected chi connectivity index (χ3v) is 3.01. The van der Waals surface area contributed by atoms with E-state index in [-0.39, 0.29) is 5.56 Å². The number of nitriles is 1. The fourth-order valence-electron chi connectivity index (χ4n) is 1.72. The lowest BCUT2D eigenvalue weighted by atomic mass is 10.1. The van der Waals surface area contributed by atoms with E-state index in [0.29, 0.717) is 27.6 Å². The number of nitrogens with zero attached hydrogens (tertiary/aromatic N) is 1. The Morgan fingerprint density at radius 2 is 2.05 bits per heavy atom. The van der Waals surface area contributed by atoms with Crippen LogP contribution in [0.5, 0.6) is 11.5 Å². The maximum absolute atomic E-state index is 10.9. The van der Waals surface area contributed by atoms with Crippen molar-refractivity contribution in [2.45, 2.75) is 6.92 Å². The molecular formula is C15H10ClNO3. The molecule has 0 atom stereocenters. The molecule has 0 bridgehead atoms. The average Bonchev–Trinajstić information content (AvgIpc) is 2.40. The number of halogens is 1. The lowest BCUT2D eigenvalue weighted by molar-refractivity contribution is 0.0696. The second-order valence-electron chi connectivity index (χ2n) is 4.14. The third kappa shape index (κ3) is 2.90. The Morgan fingerprint density at radius 3 is 2.60 bits per heavy atom. The number of rotatable bonds is 3. The molecule has 0 spiro atoms. The van der Waals surface area contributed by atoms with Gasteiger partial charge < -0.3 is 9.84 Å². The SMILES string of the molecule is Cc1cc(Oc2ccc(C#N)cc2Cl)ccc1C(=O)O. The van der Waals surface area contributed by atoms with Crippen molar-refractivity contribution in [1.82, 2.24) is 0 Å². The predicted octanol–water partition coefficient (Wildman–Crippen LogP) is 4.01. The Bertz CT molecular complexity index is 720. The van der Waals surface area contributed by atoms with Crippen molar-refractivity contribution in [3.05, 3.63) is 58.1 Å². The van der Waals surface area contributed by atoms with Gasteiger partial charge >= 0.3 is 5.97 Å². The Morgan fingerprint density at radius 1 is 1.30 bits per heavy atom. The smallest absolute Gasteiger partial charge is 0.335 e. The first kappa shape index (κ1) is 13.9. The fraction of sp³-hybridized carbons (Fsp3) is 0.0667. The predicted molar refractivity (Wildman–Crippen MR) is 74.4 cm³/mol. The first-order valence-corrected chi connectivity index (χ1v) is 6.10. The normalized spacial score (nSPS) is 9.85. The summed E-state index contributed by atoms with van der Waals surface area (Å²) >= 11 is 6.01. The summed E-state index contributed by atoms with van der Waals surface area (Å²) in [6, 6.07) is 11.3. The van der Waals surface area contributed by atoms with Crippen LogP contribution in [0.2, 0.25) is 5.02 Å². The van der Waals surface area contributed by atoms with Gasteiger partial charge in [-0.3, -0.25) is 0 Å². The van der Waals surface area contributed by atoms with Crippen LogP contribution in [-0.4, -0.2) is 11.1 Å². The van der Waals surface area contributed by atoms with E-state index in [2.05, 4.69) is 0 Å². The maximum atomic E-state index is 10.9. The first-order valence-electron chi connectivity index (χ1n) is 5.72. The van der Waals surface area contributed by atoms with Gasteiger partial charge in [-0.05, 0) is 48.9 Å². The maximum Gasteiger partial charge on any atom is 0.335 e. The Balaban J connectivity index is 2.29. The molecule has 0 unspecified atom stereocenters. The van der Waals surface area contributed by atoms with E-state index in [1.54, 1.807) is 31.2 Å². The highest BCUT2D eigenvalue weighted by atomic mass is 35.5. The molecule has 0 saturated heterocycles. The molecule has 0 aliphatic heterocycles. The summed E-state index contributed by atoms with van der Waals surface area (Å²) in [7, 11) is 0. The molecule has 0 aromatic heterocycles. The van der Waals surface area contributed by atoms with Crippen LogP contribution < -0.4 is 4.74 Å². The highest BCUT2D eigenvalue weighted by Gasteiger charge is 2.09. The molecule has 2 aromatic rings. The topological polar surface area (TPSA) is 70.3 Å². The summed E-state index contributed by atoms with van der Waals surface area (Å²) in [4.78, 5) is 10.9. The number of hydrogen-bond acceptors (Lipinski definition) is 3. The molecule has 1 N–H and O–H groups in total. The van der Waals surface area contributed by atoms with E-state index in [0.717, 1.165) is 0 Å². The van der Waals surface area contributed by atoms with Crippen LogP contribution in [-0.2, 0) is 0 Å². The minimum Gasteiger partial charge on any atom is -0.478 e. The van der Waals surface area contributed by atoms with Gasteiger partial charge in [0.1, 0.15) is 11.5 Å². The molecule has 2 rings (SSSR count). The standard InChI is InChI=1S/C15H10ClNO3/c1-9-6-11(3-4-12(9)15(18)19)20-14-5-2-10(8-17)7-13(14)16/h2-7H,1H3,(H,18,19). The lowest BCUT2D eigenvalue weighted by Crippen LogP contribution is -1.99. The van der Waals surface area contributed by atoms with Crippen molar-refractivity contribution in [2.75, 3.05) is 0 Å². The van der Waals surface area contributed by atoms with E-state index in [9.17, 15) is 4.79 Å². The van der Waals surface area contributed by atoms with Crippen molar-refractivity contribution in [3.8, 4) is 17.6 Å². The second kappa shape index (κ2) is 5.64. The molecule has 0 heterocycles. The van der Waals surface area contributed by atoms with Crippen LogP contribution in [0.25, 0.3) is 0 Å². The Hall–Kier alpha value is -2.51. The van der Waals surface area contributed by atoms with Gasteiger partial charge in [0.2, 0.25) is 0 Å². The summed E-state index contributed by atoms with van der Waals surface area (Å²) in [5.74, 6) is -0.0855. The molecule has 4 nitrogen and oxygen atoms in total. The molecule has 0 aliphatic carbocycles. The van der Waals surface area contributed by atoms with Crippen LogP contribution >= 0.6 is 11.6 Å². The van der Waals surface area contributed by atoms with Crippen LogP contribution in [0.4, 0.5) is 0 Å². The van der Waals surface area contributed by atoms with E-state index in [1.807, 2.05) is 6.07 Å². The van der Waals surface area contributed by atoms with Crippen molar-refractivity contribution in [1.29, 1.82) is 5.26 Å². The molecule has 0 aliphatic rings. The van der Waals surface area contributed by atoms with E-state index < -0.39 is 5.97 Å². The summed E-state index contributed by atoms with van der Waals surface area (Å²) < 4.78 is 5.59. The second-order valence-corrected chi connectivity index (χ2v) is 4.55. The van der Waals surface area contributed by atoms with Gasteiger partial charge in [0, 0.05) is 0 Å². The highest BCUT2D eigenvalue weighted by Crippen LogP contribution is 2.30. The summed E-state index contributed by atoms with van der Waals surface area (Å²) in [5.41, 5.74) is 1.27. The molecule has 0 saturated carbocycles. The average molecular weight is 288 g/mol. The summed E-state index contributed by atoms with van der Waals surface area (Å²) in [6.45, 7) is 1.69. The molecule has 2 aromatic carbocycles. The molecular weight excluding hydrogens is 278 g/mol. The monoisotopic (exact) mass is 287 g/mol. The fourth-order valence-corrected chi connectivity index (χ4v) is 1.94. The zero-order valence-corrected chi connectivity index (χ0v) is 11.3. The number of carboxylic acid groups (broad SMARTS) is 1. The number of carbonyl (C=O) groups is 1. The molecule has 0 radical (unpaired) electrons. The lowest BCUT2D eigenvalue weighted by Gasteiger charge is -2.09. The van der Waals surface area contributed by atoms with Gasteiger partial charge in [0.15, 0.2) is 0 Å². The molecule has 0 fully saturated rings. The number of aryl methyl sites for hydroxylation is 1. The van der Waals surface area contributed by atoms with E-state index in [4.69, 9.17) is 26.7 Å². The Kier molecular flexibility index (Phi) is 3.92. The quantitative estimate of drug-likeness (QED) is 0.926.